The van der Waals surface area contributed by atoms with Crippen LogP contribution in [0.2, 0.25) is 0 Å². The normalized spacial score (nSPS) is 11.1. The molecule has 0 bridgehead atoms. The van der Waals surface area contributed by atoms with Crippen LogP contribution in [0.3, 0.4) is 0 Å². The van der Waals surface area contributed by atoms with E-state index in [0.29, 0.717) is 16.0 Å². The van der Waals surface area contributed by atoms with Crippen molar-refractivity contribution in [1.82, 2.24) is 14.9 Å². The Kier molecular flexibility index (Phi) is 5.40. The summed E-state index contributed by atoms with van der Waals surface area (Å²) < 4.78 is 2.37. The van der Waals surface area contributed by atoms with E-state index in [-0.39, 0.29) is 5.56 Å². The monoisotopic (exact) mass is 335 g/mol. The topological polar surface area (TPSA) is 46.9 Å². The van der Waals surface area contributed by atoms with E-state index in [4.69, 9.17) is 0 Å². The predicted octanol–water partition coefficient (Wildman–Crippen LogP) is 1.40. The molecule has 5 heteroatoms. The van der Waals surface area contributed by atoms with Gasteiger partial charge >= 0.3 is 0 Å². The van der Waals surface area contributed by atoms with E-state index in [0.717, 1.165) is 18.8 Å². The van der Waals surface area contributed by atoms with Crippen LogP contribution < -0.4 is 10.9 Å². The lowest BCUT2D eigenvalue weighted by atomic mass is 10.2. The molecule has 4 nitrogen and oxygen atoms in total. The Hall–Kier alpha value is -0.430. The molecule has 0 amide bonds. The molecular formula is C11H18IN3O. The first-order valence-corrected chi connectivity index (χ1v) is 6.52. The van der Waals surface area contributed by atoms with E-state index >= 15 is 0 Å². The molecule has 0 spiro atoms. The predicted molar refractivity (Wildman–Crippen MR) is 73.7 cm³/mol. The van der Waals surface area contributed by atoms with Gasteiger partial charge in [0.1, 0.15) is 0 Å². The van der Waals surface area contributed by atoms with Gasteiger partial charge in [0.2, 0.25) is 0 Å². The fourth-order valence-corrected chi connectivity index (χ4v) is 1.74. The zero-order valence-corrected chi connectivity index (χ0v) is 12.1. The van der Waals surface area contributed by atoms with Gasteiger partial charge in [0.25, 0.3) is 5.56 Å². The molecule has 0 atom stereocenters. The van der Waals surface area contributed by atoms with Crippen LogP contribution in [0.15, 0.2) is 11.1 Å². The van der Waals surface area contributed by atoms with Crippen molar-refractivity contribution < 1.29 is 0 Å². The third-order valence-electron chi connectivity index (χ3n) is 2.24. The second-order valence-electron chi connectivity index (χ2n) is 4.24. The van der Waals surface area contributed by atoms with E-state index in [9.17, 15) is 4.79 Å². The van der Waals surface area contributed by atoms with Gasteiger partial charge in [-0.1, -0.05) is 13.8 Å². The van der Waals surface area contributed by atoms with E-state index in [1.54, 1.807) is 10.9 Å². The number of hydrogen-bond donors (Lipinski definition) is 1. The van der Waals surface area contributed by atoms with Crippen molar-refractivity contribution in [3.8, 4) is 0 Å². The Bertz CT molecular complexity index is 401. The van der Waals surface area contributed by atoms with Crippen molar-refractivity contribution in [3.63, 3.8) is 0 Å². The quantitative estimate of drug-likeness (QED) is 0.654. The zero-order chi connectivity index (χ0) is 12.1. The largest absolute Gasteiger partial charge is 0.315 e. The summed E-state index contributed by atoms with van der Waals surface area (Å²) in [5.74, 6) is 0.632. The van der Waals surface area contributed by atoms with Gasteiger partial charge in [-0.25, -0.2) is 4.98 Å². The highest BCUT2D eigenvalue weighted by molar-refractivity contribution is 14.1. The molecule has 1 N–H and O–H groups in total. The van der Waals surface area contributed by atoms with E-state index < -0.39 is 0 Å². The minimum Gasteiger partial charge on any atom is -0.315 e. The van der Waals surface area contributed by atoms with Crippen LogP contribution in [0.25, 0.3) is 0 Å². The van der Waals surface area contributed by atoms with Crippen molar-refractivity contribution in [2.24, 2.45) is 5.92 Å². The lowest BCUT2D eigenvalue weighted by molar-refractivity contribution is 0.516. The minimum absolute atomic E-state index is 0.0550. The highest BCUT2D eigenvalue weighted by Gasteiger charge is 2.04. The van der Waals surface area contributed by atoms with Crippen LogP contribution in [0.4, 0.5) is 0 Å². The smallest absolute Gasteiger partial charge is 0.267 e. The summed E-state index contributed by atoms with van der Waals surface area (Å²) in [5.41, 5.74) is 0.858. The van der Waals surface area contributed by atoms with Crippen LogP contribution in [-0.4, -0.2) is 22.6 Å². The first kappa shape index (κ1) is 13.6. The Labute approximate surface area is 110 Å². The van der Waals surface area contributed by atoms with Gasteiger partial charge in [-0.05, 0) is 42.0 Å². The number of hydrogen-bond acceptors (Lipinski definition) is 3. The summed E-state index contributed by atoms with van der Waals surface area (Å²) in [7, 11) is 0. The molecule has 0 saturated carbocycles. The van der Waals surface area contributed by atoms with Crippen molar-refractivity contribution in [2.75, 3.05) is 13.1 Å². The van der Waals surface area contributed by atoms with Gasteiger partial charge in [-0.2, -0.15) is 0 Å². The summed E-state index contributed by atoms with van der Waals surface area (Å²) in [6, 6.07) is 0. The summed E-state index contributed by atoms with van der Waals surface area (Å²) >= 11 is 2.05. The third kappa shape index (κ3) is 3.86. The van der Waals surface area contributed by atoms with Gasteiger partial charge in [-0.3, -0.25) is 9.36 Å². The lowest BCUT2D eigenvalue weighted by Crippen LogP contribution is -2.30. The van der Waals surface area contributed by atoms with Gasteiger partial charge in [-0.15, -0.1) is 0 Å². The number of aromatic nitrogens is 2. The van der Waals surface area contributed by atoms with Gasteiger partial charge in [0.05, 0.1) is 15.6 Å². The average molecular weight is 335 g/mol. The Morgan fingerprint density at radius 1 is 1.56 bits per heavy atom. The first-order valence-electron chi connectivity index (χ1n) is 5.44. The fourth-order valence-electron chi connectivity index (χ4n) is 1.30. The first-order chi connectivity index (χ1) is 7.52. The van der Waals surface area contributed by atoms with Crippen LogP contribution in [0.1, 0.15) is 19.5 Å². The van der Waals surface area contributed by atoms with Gasteiger partial charge in [0, 0.05) is 13.1 Å². The molecule has 1 heterocycles. The standard InChI is InChI=1S/C11H18IN3O/c1-8(2)6-13-4-5-15-7-14-9(3)10(12)11(15)16/h7-8,13H,4-6H2,1-3H3. The summed E-state index contributed by atoms with van der Waals surface area (Å²) in [4.78, 5) is 16.0. The summed E-state index contributed by atoms with van der Waals surface area (Å²) in [6.07, 6.45) is 1.62. The molecule has 1 aromatic rings. The Balaban J connectivity index is 2.55. The van der Waals surface area contributed by atoms with E-state index in [1.807, 2.05) is 29.5 Å². The Morgan fingerprint density at radius 3 is 2.88 bits per heavy atom. The second-order valence-corrected chi connectivity index (χ2v) is 5.32. The molecule has 0 radical (unpaired) electrons. The molecular weight excluding hydrogens is 317 g/mol. The van der Waals surface area contributed by atoms with Crippen LogP contribution in [-0.2, 0) is 6.54 Å². The molecule has 0 aliphatic rings. The number of nitrogens with one attached hydrogen (secondary N) is 1. The SMILES string of the molecule is Cc1ncn(CCNCC(C)C)c(=O)c1I. The fraction of sp³-hybridized carbons (Fsp3) is 0.636. The highest BCUT2D eigenvalue weighted by Crippen LogP contribution is 2.00. The second kappa shape index (κ2) is 6.34. The maximum Gasteiger partial charge on any atom is 0.267 e. The van der Waals surface area contributed by atoms with Crippen molar-refractivity contribution >= 4 is 22.6 Å². The van der Waals surface area contributed by atoms with E-state index in [2.05, 4.69) is 24.1 Å². The molecule has 0 aliphatic heterocycles. The van der Waals surface area contributed by atoms with Crippen LogP contribution in [0, 0.1) is 16.4 Å². The summed E-state index contributed by atoms with van der Waals surface area (Å²) in [6.45, 7) is 8.63. The highest BCUT2D eigenvalue weighted by atomic mass is 127. The molecule has 0 aliphatic carbocycles. The van der Waals surface area contributed by atoms with Crippen LogP contribution >= 0.6 is 22.6 Å². The molecule has 90 valence electrons. The minimum atomic E-state index is 0.0550. The maximum atomic E-state index is 11.8. The number of aryl methyl sites for hydroxylation is 1. The van der Waals surface area contributed by atoms with Crippen molar-refractivity contribution in [1.29, 1.82) is 0 Å². The number of rotatable bonds is 5. The molecule has 1 rings (SSSR count). The third-order valence-corrected chi connectivity index (χ3v) is 3.48. The number of halogens is 1. The molecule has 0 aromatic carbocycles. The average Bonchev–Trinajstić information content (AvgIpc) is 2.23. The summed E-state index contributed by atoms with van der Waals surface area (Å²) in [5, 5.41) is 3.30. The molecule has 16 heavy (non-hydrogen) atoms. The van der Waals surface area contributed by atoms with Gasteiger partial charge in [0.15, 0.2) is 0 Å². The Morgan fingerprint density at radius 2 is 2.25 bits per heavy atom. The van der Waals surface area contributed by atoms with Crippen molar-refractivity contribution in [3.05, 3.63) is 25.9 Å². The molecule has 1 aromatic heterocycles. The molecule has 0 unspecified atom stereocenters. The van der Waals surface area contributed by atoms with Crippen LogP contribution in [0.5, 0.6) is 0 Å². The molecule has 0 fully saturated rings. The maximum absolute atomic E-state index is 11.8. The van der Waals surface area contributed by atoms with E-state index in [1.165, 1.54) is 0 Å². The van der Waals surface area contributed by atoms with Crippen molar-refractivity contribution in [2.45, 2.75) is 27.3 Å². The molecule has 0 saturated heterocycles. The lowest BCUT2D eigenvalue weighted by Gasteiger charge is -2.09. The zero-order valence-electron chi connectivity index (χ0n) is 9.96. The van der Waals surface area contributed by atoms with Gasteiger partial charge < -0.3 is 5.32 Å². The number of nitrogens with zero attached hydrogens (tertiary/aromatic N) is 2.